The van der Waals surface area contributed by atoms with Gasteiger partial charge in [0.1, 0.15) is 17.5 Å². The van der Waals surface area contributed by atoms with Gasteiger partial charge in [-0.05, 0) is 6.92 Å². The fourth-order valence-corrected chi connectivity index (χ4v) is 1.60. The molecular weight excluding hydrogens is 222 g/mol. The zero-order chi connectivity index (χ0) is 11.0. The Kier molecular flexibility index (Phi) is 2.52. The molecule has 1 aromatic carbocycles. The van der Waals surface area contributed by atoms with Gasteiger partial charge in [0.05, 0.1) is 22.5 Å². The van der Waals surface area contributed by atoms with Crippen LogP contribution in [-0.2, 0) is 5.88 Å². The second-order valence-electron chi connectivity index (χ2n) is 3.14. The van der Waals surface area contributed by atoms with Crippen LogP contribution in [0, 0.1) is 18.6 Å². The Bertz CT molecular complexity index is 528. The summed E-state index contributed by atoms with van der Waals surface area (Å²) in [5.74, 6) is -0.816. The molecule has 15 heavy (non-hydrogen) atoms. The Morgan fingerprint density at radius 1 is 1.27 bits per heavy atom. The van der Waals surface area contributed by atoms with Crippen LogP contribution in [0.4, 0.5) is 8.78 Å². The van der Waals surface area contributed by atoms with Gasteiger partial charge in [0.2, 0.25) is 0 Å². The van der Waals surface area contributed by atoms with Gasteiger partial charge in [-0.3, -0.25) is 0 Å². The number of rotatable bonds is 1. The van der Waals surface area contributed by atoms with Gasteiger partial charge >= 0.3 is 0 Å². The summed E-state index contributed by atoms with van der Waals surface area (Å²) in [6.45, 7) is 1.64. The van der Waals surface area contributed by atoms with E-state index < -0.39 is 11.6 Å². The molecule has 0 unspecified atom stereocenters. The number of hydrogen-bond donors (Lipinski definition) is 0. The van der Waals surface area contributed by atoms with Crippen molar-refractivity contribution in [2.75, 3.05) is 0 Å². The molecule has 0 bridgehead atoms. The van der Waals surface area contributed by atoms with Crippen molar-refractivity contribution < 1.29 is 8.78 Å². The lowest BCUT2D eigenvalue weighted by Gasteiger charge is -2.04. The SMILES string of the molecule is Cc1nc(CCl)nc2cc(F)cc(F)c12. The van der Waals surface area contributed by atoms with Crippen LogP contribution in [-0.4, -0.2) is 9.97 Å². The quantitative estimate of drug-likeness (QED) is 0.702. The molecule has 0 radical (unpaired) electrons. The summed E-state index contributed by atoms with van der Waals surface area (Å²) >= 11 is 5.57. The molecule has 78 valence electrons. The van der Waals surface area contributed by atoms with E-state index in [1.54, 1.807) is 6.92 Å². The van der Waals surface area contributed by atoms with Crippen LogP contribution in [0.15, 0.2) is 12.1 Å². The molecule has 2 nitrogen and oxygen atoms in total. The first-order chi connectivity index (χ1) is 7.11. The van der Waals surface area contributed by atoms with Gasteiger partial charge in [-0.25, -0.2) is 18.7 Å². The second kappa shape index (κ2) is 3.70. The van der Waals surface area contributed by atoms with E-state index in [2.05, 4.69) is 9.97 Å². The fourth-order valence-electron chi connectivity index (χ4n) is 1.48. The molecule has 0 N–H and O–H groups in total. The first kappa shape index (κ1) is 10.2. The predicted octanol–water partition coefficient (Wildman–Crippen LogP) is 2.96. The third-order valence-electron chi connectivity index (χ3n) is 2.06. The average molecular weight is 229 g/mol. The molecule has 0 saturated heterocycles. The Labute approximate surface area is 89.9 Å². The molecule has 0 spiro atoms. The Balaban J connectivity index is 2.85. The van der Waals surface area contributed by atoms with Gasteiger partial charge in [-0.1, -0.05) is 0 Å². The minimum atomic E-state index is -0.654. The van der Waals surface area contributed by atoms with Crippen LogP contribution >= 0.6 is 11.6 Å². The van der Waals surface area contributed by atoms with E-state index >= 15 is 0 Å². The monoisotopic (exact) mass is 228 g/mol. The van der Waals surface area contributed by atoms with E-state index in [0.29, 0.717) is 11.5 Å². The second-order valence-corrected chi connectivity index (χ2v) is 3.41. The Morgan fingerprint density at radius 3 is 2.67 bits per heavy atom. The number of nitrogens with zero attached hydrogens (tertiary/aromatic N) is 2. The van der Waals surface area contributed by atoms with Crippen LogP contribution in [0.25, 0.3) is 10.9 Å². The van der Waals surface area contributed by atoms with Crippen LogP contribution < -0.4 is 0 Å². The third-order valence-corrected chi connectivity index (χ3v) is 2.30. The minimum Gasteiger partial charge on any atom is -0.236 e. The normalized spacial score (nSPS) is 10.9. The van der Waals surface area contributed by atoms with E-state index in [-0.39, 0.29) is 16.8 Å². The van der Waals surface area contributed by atoms with Gasteiger partial charge in [0.15, 0.2) is 0 Å². The van der Waals surface area contributed by atoms with Gasteiger partial charge in [-0.15, -0.1) is 11.6 Å². The maximum absolute atomic E-state index is 13.4. The molecule has 0 aliphatic heterocycles. The number of alkyl halides is 1. The van der Waals surface area contributed by atoms with E-state index in [0.717, 1.165) is 6.07 Å². The standard InChI is InChI=1S/C10H7ClF2N2/c1-5-10-7(13)2-6(12)3-8(10)15-9(4-11)14-5/h2-3H,4H2,1H3. The summed E-state index contributed by atoms with van der Waals surface area (Å²) in [4.78, 5) is 7.96. The molecular formula is C10H7ClF2N2. The smallest absolute Gasteiger partial charge is 0.144 e. The number of aromatic nitrogens is 2. The fraction of sp³-hybridized carbons (Fsp3) is 0.200. The molecule has 0 saturated carbocycles. The molecule has 0 amide bonds. The van der Waals surface area contributed by atoms with Crippen molar-refractivity contribution in [2.24, 2.45) is 0 Å². The highest BCUT2D eigenvalue weighted by atomic mass is 35.5. The maximum Gasteiger partial charge on any atom is 0.144 e. The number of fused-ring (bicyclic) bond motifs is 1. The van der Waals surface area contributed by atoms with Crippen molar-refractivity contribution in [1.82, 2.24) is 9.97 Å². The summed E-state index contributed by atoms with van der Waals surface area (Å²) in [6.07, 6.45) is 0. The number of benzene rings is 1. The summed E-state index contributed by atoms with van der Waals surface area (Å²) in [5.41, 5.74) is 0.712. The topological polar surface area (TPSA) is 25.8 Å². The zero-order valence-corrected chi connectivity index (χ0v) is 8.65. The summed E-state index contributed by atoms with van der Waals surface area (Å²) in [7, 11) is 0. The molecule has 1 heterocycles. The van der Waals surface area contributed by atoms with Gasteiger partial charge in [0, 0.05) is 12.1 Å². The van der Waals surface area contributed by atoms with Crippen LogP contribution in [0.1, 0.15) is 11.5 Å². The molecule has 0 aliphatic carbocycles. The summed E-state index contributed by atoms with van der Waals surface area (Å²) in [6, 6.07) is 1.99. The Hall–Kier alpha value is -1.29. The molecule has 2 rings (SSSR count). The molecule has 5 heteroatoms. The highest BCUT2D eigenvalue weighted by Crippen LogP contribution is 2.20. The lowest BCUT2D eigenvalue weighted by Crippen LogP contribution is -1.98. The van der Waals surface area contributed by atoms with Gasteiger partial charge < -0.3 is 0 Å². The molecule has 2 aromatic rings. The molecule has 0 atom stereocenters. The van der Waals surface area contributed by atoms with E-state index in [1.165, 1.54) is 6.07 Å². The third kappa shape index (κ3) is 1.77. The number of halogens is 3. The van der Waals surface area contributed by atoms with Crippen LogP contribution in [0.3, 0.4) is 0 Å². The van der Waals surface area contributed by atoms with E-state index in [9.17, 15) is 8.78 Å². The first-order valence-corrected chi connectivity index (χ1v) is 4.83. The number of hydrogen-bond acceptors (Lipinski definition) is 2. The first-order valence-electron chi connectivity index (χ1n) is 4.30. The van der Waals surface area contributed by atoms with Gasteiger partial charge in [0.25, 0.3) is 0 Å². The van der Waals surface area contributed by atoms with E-state index in [1.807, 2.05) is 0 Å². The summed E-state index contributed by atoms with van der Waals surface area (Å²) < 4.78 is 26.3. The highest BCUT2D eigenvalue weighted by molar-refractivity contribution is 6.16. The summed E-state index contributed by atoms with van der Waals surface area (Å²) in [5, 5.41) is 0.241. The number of aryl methyl sites for hydroxylation is 1. The minimum absolute atomic E-state index is 0.120. The van der Waals surface area contributed by atoms with Crippen molar-refractivity contribution in [1.29, 1.82) is 0 Å². The van der Waals surface area contributed by atoms with Crippen LogP contribution in [0.2, 0.25) is 0 Å². The zero-order valence-electron chi connectivity index (χ0n) is 7.89. The van der Waals surface area contributed by atoms with Gasteiger partial charge in [-0.2, -0.15) is 0 Å². The highest BCUT2D eigenvalue weighted by Gasteiger charge is 2.10. The van der Waals surface area contributed by atoms with Crippen molar-refractivity contribution in [3.05, 3.63) is 35.3 Å². The maximum atomic E-state index is 13.4. The largest absolute Gasteiger partial charge is 0.236 e. The van der Waals surface area contributed by atoms with Crippen molar-refractivity contribution in [3.63, 3.8) is 0 Å². The molecule has 0 fully saturated rings. The van der Waals surface area contributed by atoms with Crippen molar-refractivity contribution in [2.45, 2.75) is 12.8 Å². The predicted molar refractivity (Wildman–Crippen MR) is 53.7 cm³/mol. The lowest BCUT2D eigenvalue weighted by molar-refractivity contribution is 0.590. The van der Waals surface area contributed by atoms with Crippen LogP contribution in [0.5, 0.6) is 0 Å². The van der Waals surface area contributed by atoms with E-state index in [4.69, 9.17) is 11.6 Å². The Morgan fingerprint density at radius 2 is 2.00 bits per heavy atom. The lowest BCUT2D eigenvalue weighted by atomic mass is 10.2. The van der Waals surface area contributed by atoms with Crippen molar-refractivity contribution in [3.8, 4) is 0 Å². The average Bonchev–Trinajstić information content (AvgIpc) is 2.15. The molecule has 1 aromatic heterocycles. The molecule has 0 aliphatic rings. The van der Waals surface area contributed by atoms with Crippen molar-refractivity contribution >= 4 is 22.5 Å².